The zero-order valence-corrected chi connectivity index (χ0v) is 15.0. The van der Waals surface area contributed by atoms with E-state index in [1.54, 1.807) is 17.0 Å². The van der Waals surface area contributed by atoms with E-state index < -0.39 is 0 Å². The maximum Gasteiger partial charge on any atom is 0.306 e. The van der Waals surface area contributed by atoms with E-state index in [9.17, 15) is 9.59 Å². The van der Waals surface area contributed by atoms with Crippen LogP contribution >= 0.6 is 0 Å². The highest BCUT2D eigenvalue weighted by molar-refractivity contribution is 5.80. The van der Waals surface area contributed by atoms with Crippen LogP contribution in [-0.2, 0) is 16.1 Å². The first-order chi connectivity index (χ1) is 12.6. The summed E-state index contributed by atoms with van der Waals surface area (Å²) in [5, 5.41) is 0.604. The first-order valence-electron chi connectivity index (χ1n) is 8.75. The molecule has 0 aliphatic carbocycles. The van der Waals surface area contributed by atoms with E-state index in [1.165, 1.54) is 0 Å². The fraction of sp³-hybridized carbons (Fsp3) is 0.286. The molecule has 134 valence electrons. The lowest BCUT2D eigenvalue weighted by molar-refractivity contribution is -0.148. The summed E-state index contributed by atoms with van der Waals surface area (Å²) in [5.74, 6) is -0.265. The van der Waals surface area contributed by atoms with Gasteiger partial charge >= 0.3 is 5.97 Å². The molecule has 0 saturated heterocycles. The lowest BCUT2D eigenvalue weighted by Crippen LogP contribution is -2.21. The van der Waals surface area contributed by atoms with E-state index in [2.05, 4.69) is 4.98 Å². The Labute approximate surface area is 152 Å². The highest BCUT2D eigenvalue weighted by Crippen LogP contribution is 2.17. The maximum atomic E-state index is 12.5. The summed E-state index contributed by atoms with van der Waals surface area (Å²) in [5.41, 5.74) is 2.59. The Hall–Kier alpha value is -2.95. The van der Waals surface area contributed by atoms with Gasteiger partial charge in [0.25, 0.3) is 5.56 Å². The second-order valence-electron chi connectivity index (χ2n) is 6.36. The molecular formula is C21H22N2O3. The summed E-state index contributed by atoms with van der Waals surface area (Å²) in [6.45, 7) is 4.22. The second kappa shape index (κ2) is 7.95. The summed E-state index contributed by atoms with van der Waals surface area (Å²) < 4.78 is 7.00. The van der Waals surface area contributed by atoms with Crippen molar-refractivity contribution >= 4 is 16.9 Å². The number of nitrogens with zero attached hydrogens (tertiary/aromatic N) is 2. The van der Waals surface area contributed by atoms with Gasteiger partial charge in [-0.25, -0.2) is 4.98 Å². The number of hydrogen-bond acceptors (Lipinski definition) is 4. The molecule has 1 aromatic heterocycles. The van der Waals surface area contributed by atoms with Crippen LogP contribution in [0.1, 0.15) is 37.0 Å². The number of fused-ring (bicyclic) bond motifs is 1. The topological polar surface area (TPSA) is 61.2 Å². The van der Waals surface area contributed by atoms with Gasteiger partial charge in [-0.3, -0.25) is 14.2 Å². The molecule has 0 fully saturated rings. The quantitative estimate of drug-likeness (QED) is 0.635. The number of ether oxygens (including phenoxy) is 1. The molecular weight excluding hydrogens is 328 g/mol. The van der Waals surface area contributed by atoms with Gasteiger partial charge in [-0.2, -0.15) is 0 Å². The fourth-order valence-corrected chi connectivity index (χ4v) is 2.94. The van der Waals surface area contributed by atoms with Crippen LogP contribution in [0.15, 0.2) is 59.7 Å². The van der Waals surface area contributed by atoms with Gasteiger partial charge in [-0.15, -0.1) is 0 Å². The Morgan fingerprint density at radius 2 is 1.92 bits per heavy atom. The van der Waals surface area contributed by atoms with E-state index in [-0.39, 0.29) is 24.1 Å². The molecule has 0 bridgehead atoms. The largest absolute Gasteiger partial charge is 0.458 e. The fourth-order valence-electron chi connectivity index (χ4n) is 2.94. The van der Waals surface area contributed by atoms with Crippen LogP contribution in [-0.4, -0.2) is 15.5 Å². The molecule has 1 atom stereocenters. The predicted octanol–water partition coefficient (Wildman–Crippen LogP) is 3.79. The third-order valence-corrected chi connectivity index (χ3v) is 4.41. The molecule has 5 heteroatoms. The molecule has 3 rings (SSSR count). The number of rotatable bonds is 6. The number of carbonyl (C=O) groups is 1. The molecule has 1 heterocycles. The van der Waals surface area contributed by atoms with Crippen molar-refractivity contribution < 1.29 is 9.53 Å². The predicted molar refractivity (Wildman–Crippen MR) is 101 cm³/mol. The minimum atomic E-state index is -0.281. The first-order valence-corrected chi connectivity index (χ1v) is 8.75. The van der Waals surface area contributed by atoms with Crippen molar-refractivity contribution in [3.05, 3.63) is 76.3 Å². The Kier molecular flexibility index (Phi) is 5.46. The van der Waals surface area contributed by atoms with Gasteiger partial charge in [0.2, 0.25) is 0 Å². The van der Waals surface area contributed by atoms with Crippen LogP contribution in [0, 0.1) is 6.92 Å². The number of para-hydroxylation sites is 1. The SMILES string of the molecule is Cc1cccc2c(=O)n(CCCC(=O)OC(C)c3ccccc3)cnc12. The number of aromatic nitrogens is 2. The van der Waals surface area contributed by atoms with E-state index in [0.29, 0.717) is 18.4 Å². The van der Waals surface area contributed by atoms with Gasteiger partial charge in [0.15, 0.2) is 0 Å². The highest BCUT2D eigenvalue weighted by Gasteiger charge is 2.12. The van der Waals surface area contributed by atoms with Crippen molar-refractivity contribution in [1.29, 1.82) is 0 Å². The Morgan fingerprint density at radius 1 is 1.15 bits per heavy atom. The smallest absolute Gasteiger partial charge is 0.306 e. The normalized spacial score (nSPS) is 12.1. The standard InChI is InChI=1S/C21H22N2O3/c1-15-8-6-11-18-20(15)22-14-23(21(18)25)13-7-12-19(24)26-16(2)17-9-4-3-5-10-17/h3-6,8-11,14,16H,7,12-13H2,1-2H3. The van der Waals surface area contributed by atoms with Gasteiger partial charge < -0.3 is 4.74 Å². The van der Waals surface area contributed by atoms with Crippen LogP contribution < -0.4 is 5.56 Å². The lowest BCUT2D eigenvalue weighted by atomic mass is 10.1. The Bertz CT molecular complexity index is 964. The summed E-state index contributed by atoms with van der Waals surface area (Å²) >= 11 is 0. The second-order valence-corrected chi connectivity index (χ2v) is 6.36. The van der Waals surface area contributed by atoms with E-state index in [1.807, 2.05) is 56.3 Å². The monoisotopic (exact) mass is 350 g/mol. The molecule has 3 aromatic rings. The molecule has 0 aliphatic heterocycles. The zero-order valence-electron chi connectivity index (χ0n) is 15.0. The van der Waals surface area contributed by atoms with E-state index in [4.69, 9.17) is 4.74 Å². The van der Waals surface area contributed by atoms with E-state index in [0.717, 1.165) is 16.6 Å². The van der Waals surface area contributed by atoms with Gasteiger partial charge in [0.05, 0.1) is 17.2 Å². The number of esters is 1. The average Bonchev–Trinajstić information content (AvgIpc) is 2.65. The summed E-state index contributed by atoms with van der Waals surface area (Å²) in [4.78, 5) is 28.9. The first kappa shape index (κ1) is 17.9. The van der Waals surface area contributed by atoms with Crippen molar-refractivity contribution in [1.82, 2.24) is 9.55 Å². The molecule has 26 heavy (non-hydrogen) atoms. The van der Waals surface area contributed by atoms with Crippen LogP contribution in [0.5, 0.6) is 0 Å². The highest BCUT2D eigenvalue weighted by atomic mass is 16.5. The molecule has 0 radical (unpaired) electrons. The minimum absolute atomic E-state index is 0.0790. The van der Waals surface area contributed by atoms with Gasteiger partial charge in [-0.1, -0.05) is 42.5 Å². The van der Waals surface area contributed by atoms with Crippen LogP contribution in [0.25, 0.3) is 10.9 Å². The van der Waals surface area contributed by atoms with Gasteiger partial charge in [0.1, 0.15) is 6.10 Å². The molecule has 0 aliphatic rings. The van der Waals surface area contributed by atoms with Crippen LogP contribution in [0.3, 0.4) is 0 Å². The lowest BCUT2D eigenvalue weighted by Gasteiger charge is -2.13. The molecule has 0 spiro atoms. The molecule has 1 unspecified atom stereocenters. The molecule has 0 saturated carbocycles. The van der Waals surface area contributed by atoms with E-state index >= 15 is 0 Å². The van der Waals surface area contributed by atoms with Crippen LogP contribution in [0.4, 0.5) is 0 Å². The Morgan fingerprint density at radius 3 is 2.69 bits per heavy atom. The van der Waals surface area contributed by atoms with Crippen molar-refractivity contribution in [3.63, 3.8) is 0 Å². The number of hydrogen-bond donors (Lipinski definition) is 0. The summed E-state index contributed by atoms with van der Waals surface area (Å²) in [7, 11) is 0. The molecule has 0 amide bonds. The van der Waals surface area contributed by atoms with Gasteiger partial charge in [-0.05, 0) is 37.5 Å². The van der Waals surface area contributed by atoms with Crippen molar-refractivity contribution in [2.45, 2.75) is 39.3 Å². The van der Waals surface area contributed by atoms with Crippen molar-refractivity contribution in [2.24, 2.45) is 0 Å². The summed E-state index contributed by atoms with van der Waals surface area (Å²) in [6, 6.07) is 15.2. The van der Waals surface area contributed by atoms with Crippen molar-refractivity contribution in [3.8, 4) is 0 Å². The molecule has 5 nitrogen and oxygen atoms in total. The number of carbonyl (C=O) groups excluding carboxylic acids is 1. The Balaban J connectivity index is 1.58. The summed E-state index contributed by atoms with van der Waals surface area (Å²) in [6.07, 6.45) is 2.06. The zero-order chi connectivity index (χ0) is 18.5. The minimum Gasteiger partial charge on any atom is -0.458 e. The molecule has 2 aromatic carbocycles. The number of benzene rings is 2. The third-order valence-electron chi connectivity index (χ3n) is 4.41. The third kappa shape index (κ3) is 3.99. The number of aryl methyl sites for hydroxylation is 2. The maximum absolute atomic E-state index is 12.5. The van der Waals surface area contributed by atoms with Gasteiger partial charge in [0, 0.05) is 13.0 Å². The van der Waals surface area contributed by atoms with Crippen molar-refractivity contribution in [2.75, 3.05) is 0 Å². The van der Waals surface area contributed by atoms with Crippen LogP contribution in [0.2, 0.25) is 0 Å². The molecule has 0 N–H and O–H groups in total. The average molecular weight is 350 g/mol.